The lowest BCUT2D eigenvalue weighted by molar-refractivity contribution is -0.159. The molecule has 1 saturated heterocycles. The number of amides is 2. The molecule has 0 saturated carbocycles. The zero-order chi connectivity index (χ0) is 28.8. The minimum atomic E-state index is -4.73. The van der Waals surface area contributed by atoms with Crippen molar-refractivity contribution in [2.45, 2.75) is 36.5 Å². The topological polar surface area (TPSA) is 136 Å². The summed E-state index contributed by atoms with van der Waals surface area (Å²) in [6.45, 7) is 2.05. The Kier molecular flexibility index (Phi) is 6.77. The Morgan fingerprint density at radius 1 is 1.05 bits per heavy atom. The third kappa shape index (κ3) is 5.29. The first-order valence-electron chi connectivity index (χ1n) is 12.4. The largest absolute Gasteiger partial charge is 0.471 e. The van der Waals surface area contributed by atoms with E-state index >= 15 is 0 Å². The molecule has 2 aliphatic rings. The molecule has 0 unspecified atom stereocenters. The van der Waals surface area contributed by atoms with Gasteiger partial charge in [-0.2, -0.15) is 23.1 Å². The molecule has 4 aromatic rings. The maximum Gasteiger partial charge on any atom is 0.471 e. The van der Waals surface area contributed by atoms with E-state index in [0.29, 0.717) is 34.8 Å². The van der Waals surface area contributed by atoms with Gasteiger partial charge in [-0.1, -0.05) is 34.6 Å². The molecular weight excluding hydrogens is 565 g/mol. The molecular formula is C26H21F3N6O5S. The quantitative estimate of drug-likeness (QED) is 0.350. The minimum absolute atomic E-state index is 0.0875. The van der Waals surface area contributed by atoms with Crippen LogP contribution < -0.4 is 10.2 Å². The smallest absolute Gasteiger partial charge is 0.375 e. The number of benzene rings is 2. The maximum absolute atomic E-state index is 13.2. The van der Waals surface area contributed by atoms with Gasteiger partial charge in [-0.25, -0.2) is 0 Å². The van der Waals surface area contributed by atoms with Crippen LogP contribution in [0.2, 0.25) is 0 Å². The monoisotopic (exact) mass is 586 g/mol. The number of nitrogens with one attached hydrogen (secondary N) is 1. The molecule has 41 heavy (non-hydrogen) atoms. The van der Waals surface area contributed by atoms with Gasteiger partial charge in [0.1, 0.15) is 0 Å². The number of nitrogens with zero attached hydrogens (tertiary/aromatic N) is 5. The Bertz CT molecular complexity index is 1620. The summed E-state index contributed by atoms with van der Waals surface area (Å²) >= 11 is 1.55. The fourth-order valence-electron chi connectivity index (χ4n) is 4.51. The van der Waals surface area contributed by atoms with Crippen LogP contribution in [0.15, 0.2) is 56.4 Å². The summed E-state index contributed by atoms with van der Waals surface area (Å²) in [6, 6.07) is 12.1. The van der Waals surface area contributed by atoms with Crippen LogP contribution in [0.3, 0.4) is 0 Å². The number of alkyl halides is 3. The highest BCUT2D eigenvalue weighted by atomic mass is 32.2. The Morgan fingerprint density at radius 3 is 2.41 bits per heavy atom. The molecule has 212 valence electrons. The number of rotatable bonds is 6. The van der Waals surface area contributed by atoms with Crippen molar-refractivity contribution in [3.05, 3.63) is 59.8 Å². The first-order valence-corrected chi connectivity index (χ1v) is 13.4. The molecule has 2 amide bonds. The molecule has 6 rings (SSSR count). The van der Waals surface area contributed by atoms with Crippen LogP contribution in [-0.4, -0.2) is 51.1 Å². The fourth-order valence-corrected chi connectivity index (χ4v) is 5.48. The molecule has 0 spiro atoms. The van der Waals surface area contributed by atoms with Crippen molar-refractivity contribution in [1.82, 2.24) is 25.6 Å². The van der Waals surface area contributed by atoms with Crippen molar-refractivity contribution in [2.24, 2.45) is 0 Å². The van der Waals surface area contributed by atoms with Gasteiger partial charge in [0, 0.05) is 35.1 Å². The number of carbonyl (C=O) groups is 2. The van der Waals surface area contributed by atoms with Crippen LogP contribution in [0.1, 0.15) is 30.7 Å². The van der Waals surface area contributed by atoms with Gasteiger partial charge >= 0.3 is 12.1 Å². The molecule has 2 aromatic heterocycles. The second kappa shape index (κ2) is 10.3. The molecule has 2 aromatic carbocycles. The summed E-state index contributed by atoms with van der Waals surface area (Å²) in [7, 11) is 0. The zero-order valence-electron chi connectivity index (χ0n) is 21.4. The molecule has 0 atom stereocenters. The van der Waals surface area contributed by atoms with Crippen LogP contribution in [0.4, 0.5) is 18.9 Å². The summed E-state index contributed by atoms with van der Waals surface area (Å²) in [4.78, 5) is 35.3. The molecule has 4 heterocycles. The molecule has 1 N–H and O–H groups in total. The van der Waals surface area contributed by atoms with E-state index in [1.165, 1.54) is 6.92 Å². The highest BCUT2D eigenvalue weighted by molar-refractivity contribution is 7.99. The third-order valence-corrected chi connectivity index (χ3v) is 7.62. The maximum atomic E-state index is 13.2. The molecule has 11 nitrogen and oxygen atoms in total. The fraction of sp³-hybridized carbons (Fsp3) is 0.308. The predicted octanol–water partition coefficient (Wildman–Crippen LogP) is 4.20. The van der Waals surface area contributed by atoms with Gasteiger partial charge in [0.05, 0.1) is 25.4 Å². The van der Waals surface area contributed by atoms with E-state index in [9.17, 15) is 22.8 Å². The van der Waals surface area contributed by atoms with E-state index < -0.39 is 17.6 Å². The normalized spacial score (nSPS) is 16.6. The Labute approximate surface area is 234 Å². The van der Waals surface area contributed by atoms with E-state index in [1.54, 1.807) is 40.9 Å². The average molecular weight is 587 g/mol. The molecule has 0 aliphatic carbocycles. The second-order valence-electron chi connectivity index (χ2n) is 9.56. The number of hydrogen-bond acceptors (Lipinski definition) is 10. The van der Waals surface area contributed by atoms with Crippen LogP contribution >= 0.6 is 11.8 Å². The summed E-state index contributed by atoms with van der Waals surface area (Å²) in [6.07, 6.45) is -4.41. The van der Waals surface area contributed by atoms with Crippen LogP contribution in [0.5, 0.6) is 0 Å². The summed E-state index contributed by atoms with van der Waals surface area (Å²) in [5.74, 6) is -0.813. The molecule has 1 fully saturated rings. The van der Waals surface area contributed by atoms with Gasteiger partial charge in [-0.15, -0.1) is 11.8 Å². The number of ether oxygens (including phenoxy) is 1. The van der Waals surface area contributed by atoms with Gasteiger partial charge in [-0.05, 0) is 23.8 Å². The van der Waals surface area contributed by atoms with Gasteiger partial charge in [0.25, 0.3) is 5.89 Å². The van der Waals surface area contributed by atoms with Crippen LogP contribution in [0, 0.1) is 0 Å². The number of anilines is 1. The van der Waals surface area contributed by atoms with E-state index in [4.69, 9.17) is 9.26 Å². The van der Waals surface area contributed by atoms with Gasteiger partial charge < -0.3 is 24.0 Å². The summed E-state index contributed by atoms with van der Waals surface area (Å²) < 4.78 is 53.5. The van der Waals surface area contributed by atoms with Crippen molar-refractivity contribution < 1.29 is 36.5 Å². The number of fused-ring (bicyclic) bond motifs is 1. The van der Waals surface area contributed by atoms with Crippen molar-refractivity contribution >= 4 is 29.3 Å². The third-order valence-electron chi connectivity index (χ3n) is 6.55. The zero-order valence-corrected chi connectivity index (χ0v) is 22.2. The van der Waals surface area contributed by atoms with Crippen molar-refractivity contribution in [2.75, 3.05) is 23.9 Å². The number of halogens is 3. The van der Waals surface area contributed by atoms with E-state index in [2.05, 4.69) is 30.1 Å². The van der Waals surface area contributed by atoms with Crippen LogP contribution in [-0.2, 0) is 32.6 Å². The average Bonchev–Trinajstić information content (AvgIpc) is 3.58. The first-order chi connectivity index (χ1) is 19.6. The van der Waals surface area contributed by atoms with Gasteiger partial charge in [-0.3, -0.25) is 9.59 Å². The lowest BCUT2D eigenvalue weighted by atomic mass is 9.97. The standard InChI is InChI=1S/C26H21F3N6O5S/c1-14(36)32-25(12-38-13-25)23-30-22(34-39-23)17-6-7-19-18(10-17)35(20(37)8-9-41-19)11-15-2-4-16(5-3-15)21-31-24(40-33-21)26(27,28)29/h2-7,10H,8-9,11-13H2,1H3,(H,32,36). The molecule has 2 aliphatic heterocycles. The van der Waals surface area contributed by atoms with Gasteiger partial charge in [0.2, 0.25) is 23.5 Å². The highest BCUT2D eigenvalue weighted by Crippen LogP contribution is 2.39. The Hall–Kier alpha value is -4.24. The number of hydrogen-bond donors (Lipinski definition) is 1. The van der Waals surface area contributed by atoms with Crippen molar-refractivity contribution in [3.63, 3.8) is 0 Å². The number of aromatic nitrogens is 4. The van der Waals surface area contributed by atoms with E-state index in [-0.39, 0.29) is 43.3 Å². The molecule has 0 radical (unpaired) electrons. The lowest BCUT2D eigenvalue weighted by Crippen LogP contribution is -2.59. The number of thioether (sulfide) groups is 1. The summed E-state index contributed by atoms with van der Waals surface area (Å²) in [5.41, 5.74) is 1.50. The highest BCUT2D eigenvalue weighted by Gasteiger charge is 2.46. The van der Waals surface area contributed by atoms with Crippen molar-refractivity contribution in [1.29, 1.82) is 0 Å². The first kappa shape index (κ1) is 27.0. The van der Waals surface area contributed by atoms with Crippen LogP contribution in [0.25, 0.3) is 22.8 Å². The van der Waals surface area contributed by atoms with Gasteiger partial charge in [0.15, 0.2) is 5.54 Å². The molecule has 0 bridgehead atoms. The van der Waals surface area contributed by atoms with E-state index in [1.807, 2.05) is 18.2 Å². The second-order valence-corrected chi connectivity index (χ2v) is 10.7. The Morgan fingerprint density at radius 2 is 1.76 bits per heavy atom. The van der Waals surface area contributed by atoms with Crippen molar-refractivity contribution in [3.8, 4) is 22.8 Å². The summed E-state index contributed by atoms with van der Waals surface area (Å²) in [5, 5.41) is 10.3. The number of carbonyl (C=O) groups excluding carboxylic acids is 2. The Balaban J connectivity index is 1.26. The minimum Gasteiger partial charge on any atom is -0.375 e. The van der Waals surface area contributed by atoms with E-state index in [0.717, 1.165) is 10.5 Å². The lowest BCUT2D eigenvalue weighted by Gasteiger charge is -2.38. The molecule has 15 heteroatoms. The predicted molar refractivity (Wildman–Crippen MR) is 137 cm³/mol. The SMILES string of the molecule is CC(=O)NC1(c2nc(-c3ccc4c(c3)N(Cc3ccc(-c5noc(C(F)(F)F)n5)cc3)C(=O)CCS4)no2)COC1.